The number of amides is 1. The summed E-state index contributed by atoms with van der Waals surface area (Å²) in [4.78, 5) is 29.8. The van der Waals surface area contributed by atoms with E-state index in [0.717, 1.165) is 64.8 Å². The molecule has 34 heavy (non-hydrogen) atoms. The van der Waals surface area contributed by atoms with Crippen LogP contribution in [-0.4, -0.2) is 62.1 Å². The molecule has 2 aromatic rings. The Labute approximate surface area is 206 Å². The van der Waals surface area contributed by atoms with Gasteiger partial charge in [0.1, 0.15) is 0 Å². The maximum atomic E-state index is 12.8. The highest BCUT2D eigenvalue weighted by Gasteiger charge is 2.44. The van der Waals surface area contributed by atoms with Crippen molar-refractivity contribution in [2.45, 2.75) is 52.0 Å². The van der Waals surface area contributed by atoms with Crippen molar-refractivity contribution in [3.8, 4) is 0 Å². The minimum absolute atomic E-state index is 0.0108. The molecule has 3 fully saturated rings. The van der Waals surface area contributed by atoms with E-state index < -0.39 is 0 Å². The highest BCUT2D eigenvalue weighted by molar-refractivity contribution is 7.17. The van der Waals surface area contributed by atoms with Gasteiger partial charge in [-0.3, -0.25) is 14.5 Å². The van der Waals surface area contributed by atoms with Gasteiger partial charge >= 0.3 is 5.97 Å². The van der Waals surface area contributed by atoms with Gasteiger partial charge in [0, 0.05) is 60.1 Å². The normalized spacial score (nSPS) is 27.5. The van der Waals surface area contributed by atoms with E-state index in [1.165, 1.54) is 21.3 Å². The third kappa shape index (κ3) is 5.25. The summed E-state index contributed by atoms with van der Waals surface area (Å²) in [5, 5.41) is 6.95. The lowest BCUT2D eigenvalue weighted by molar-refractivity contribution is -0.149. The first-order valence-corrected chi connectivity index (χ1v) is 13.8. The third-order valence-corrected chi connectivity index (χ3v) is 8.80. The molecule has 2 atom stereocenters. The van der Waals surface area contributed by atoms with Crippen molar-refractivity contribution in [3.05, 3.63) is 29.1 Å². The van der Waals surface area contributed by atoms with Crippen molar-refractivity contribution in [1.29, 1.82) is 0 Å². The summed E-state index contributed by atoms with van der Waals surface area (Å²) in [6.45, 7) is 9.70. The van der Waals surface area contributed by atoms with Crippen LogP contribution in [0.4, 0.5) is 5.69 Å². The number of esters is 1. The number of thiophene rings is 1. The lowest BCUT2D eigenvalue weighted by atomic mass is 9.86. The number of carbonyl (C=O) groups excluding carboxylic acids is 2. The second-order valence-corrected chi connectivity index (χ2v) is 11.2. The van der Waals surface area contributed by atoms with Crippen molar-refractivity contribution in [1.82, 2.24) is 10.2 Å². The summed E-state index contributed by atoms with van der Waals surface area (Å²) >= 11 is 1.84. The van der Waals surface area contributed by atoms with E-state index in [1.807, 2.05) is 18.3 Å². The van der Waals surface area contributed by atoms with Gasteiger partial charge in [-0.15, -0.1) is 11.3 Å². The highest BCUT2D eigenvalue weighted by Crippen LogP contribution is 2.40. The number of hydrogen-bond donors (Lipinski definition) is 1. The topological polar surface area (TPSA) is 61.9 Å². The van der Waals surface area contributed by atoms with Crippen LogP contribution in [-0.2, 0) is 14.3 Å². The van der Waals surface area contributed by atoms with E-state index >= 15 is 0 Å². The fraction of sp³-hybridized carbons (Fsp3) is 0.630. The standard InChI is InChI=1S/C27H37N3O3S/c1-3-33-27(32)19-5-7-21(8-6-19)28-26(31)23-15-20(23)16-29-10-12-30(13-11-29)24-17-34-25-14-18(2)4-9-22(24)25/h4,9,14,17,19-21,23H,3,5-8,10-13,15-16H2,1-2H3,(H,28,31)/t19?,20?,21?,23-/m0/s1. The maximum Gasteiger partial charge on any atom is 0.308 e. The number of ether oxygens (including phenoxy) is 1. The lowest BCUT2D eigenvalue weighted by Gasteiger charge is -2.36. The van der Waals surface area contributed by atoms with Crippen molar-refractivity contribution in [2.24, 2.45) is 17.8 Å². The van der Waals surface area contributed by atoms with Gasteiger partial charge in [-0.1, -0.05) is 12.1 Å². The Bertz CT molecular complexity index is 1020. The monoisotopic (exact) mass is 483 g/mol. The molecule has 184 valence electrons. The zero-order valence-electron chi connectivity index (χ0n) is 20.4. The molecule has 0 radical (unpaired) electrons. The molecule has 2 saturated carbocycles. The number of nitrogens with zero attached hydrogens (tertiary/aromatic N) is 2. The molecule has 1 aromatic heterocycles. The summed E-state index contributed by atoms with van der Waals surface area (Å²) in [5.74, 6) is 0.828. The minimum atomic E-state index is -0.0723. The van der Waals surface area contributed by atoms with E-state index in [4.69, 9.17) is 4.74 Å². The Balaban J connectivity index is 1.03. The zero-order valence-corrected chi connectivity index (χ0v) is 21.2. The molecule has 1 saturated heterocycles. The molecule has 0 bridgehead atoms. The van der Waals surface area contributed by atoms with Crippen LogP contribution in [0.2, 0.25) is 0 Å². The largest absolute Gasteiger partial charge is 0.466 e. The Morgan fingerprint density at radius 2 is 1.88 bits per heavy atom. The Hall–Kier alpha value is -2.12. The van der Waals surface area contributed by atoms with Gasteiger partial charge in [0.2, 0.25) is 5.91 Å². The van der Waals surface area contributed by atoms with Crippen LogP contribution in [0.25, 0.3) is 10.1 Å². The summed E-state index contributed by atoms with van der Waals surface area (Å²) in [5.41, 5.74) is 2.69. The second kappa shape index (κ2) is 10.2. The van der Waals surface area contributed by atoms with Gasteiger partial charge in [0.15, 0.2) is 0 Å². The second-order valence-electron chi connectivity index (χ2n) is 10.3. The molecule has 1 unspecified atom stereocenters. The average molecular weight is 484 g/mol. The predicted molar refractivity (Wildman–Crippen MR) is 137 cm³/mol. The fourth-order valence-electron chi connectivity index (χ4n) is 5.68. The first kappa shape index (κ1) is 23.6. The fourth-order valence-corrected chi connectivity index (χ4v) is 6.75. The van der Waals surface area contributed by atoms with E-state index in [9.17, 15) is 9.59 Å². The van der Waals surface area contributed by atoms with Crippen LogP contribution < -0.4 is 10.2 Å². The van der Waals surface area contributed by atoms with Gasteiger partial charge in [-0.05, 0) is 63.5 Å². The molecule has 6 nitrogen and oxygen atoms in total. The molecular weight excluding hydrogens is 446 g/mol. The van der Waals surface area contributed by atoms with Crippen LogP contribution in [0.5, 0.6) is 0 Å². The molecule has 7 heteroatoms. The first-order chi connectivity index (χ1) is 16.5. The van der Waals surface area contributed by atoms with Crippen molar-refractivity contribution in [2.75, 3.05) is 44.2 Å². The number of benzene rings is 1. The Morgan fingerprint density at radius 3 is 2.62 bits per heavy atom. The van der Waals surface area contributed by atoms with Crippen molar-refractivity contribution in [3.63, 3.8) is 0 Å². The van der Waals surface area contributed by atoms with Gasteiger partial charge in [-0.2, -0.15) is 0 Å². The maximum absolute atomic E-state index is 12.8. The molecular formula is C27H37N3O3S. The average Bonchev–Trinajstić information content (AvgIpc) is 3.49. The summed E-state index contributed by atoms with van der Waals surface area (Å²) in [6, 6.07) is 6.97. The van der Waals surface area contributed by atoms with E-state index in [1.54, 1.807) is 0 Å². The Kier molecular flexibility index (Phi) is 7.11. The number of carbonyl (C=O) groups is 2. The number of piperazine rings is 1. The molecule has 1 amide bonds. The smallest absolute Gasteiger partial charge is 0.308 e. The first-order valence-electron chi connectivity index (χ1n) is 12.9. The summed E-state index contributed by atoms with van der Waals surface area (Å²) < 4.78 is 6.52. The quantitative estimate of drug-likeness (QED) is 0.598. The number of rotatable bonds is 7. The number of nitrogens with one attached hydrogen (secondary N) is 1. The Morgan fingerprint density at radius 1 is 1.12 bits per heavy atom. The molecule has 1 aromatic carbocycles. The van der Waals surface area contributed by atoms with Crippen LogP contribution in [0.1, 0.15) is 44.6 Å². The van der Waals surface area contributed by atoms with E-state index in [-0.39, 0.29) is 29.8 Å². The van der Waals surface area contributed by atoms with Gasteiger partial charge in [-0.25, -0.2) is 0 Å². The molecule has 3 aliphatic rings. The summed E-state index contributed by atoms with van der Waals surface area (Å²) in [7, 11) is 0. The van der Waals surface area contributed by atoms with Crippen LogP contribution in [0.3, 0.4) is 0 Å². The van der Waals surface area contributed by atoms with Gasteiger partial charge in [0.05, 0.1) is 18.2 Å². The number of anilines is 1. The zero-order chi connectivity index (χ0) is 23.7. The van der Waals surface area contributed by atoms with E-state index in [0.29, 0.717) is 12.5 Å². The highest BCUT2D eigenvalue weighted by atomic mass is 32.1. The molecule has 2 aliphatic carbocycles. The molecule has 0 spiro atoms. The number of fused-ring (bicyclic) bond motifs is 1. The molecule has 5 rings (SSSR count). The van der Waals surface area contributed by atoms with E-state index in [2.05, 4.69) is 45.6 Å². The van der Waals surface area contributed by atoms with Crippen LogP contribution >= 0.6 is 11.3 Å². The van der Waals surface area contributed by atoms with Gasteiger partial charge < -0.3 is 15.0 Å². The lowest BCUT2D eigenvalue weighted by Crippen LogP contribution is -2.47. The molecule has 1 aliphatic heterocycles. The number of hydrogen-bond acceptors (Lipinski definition) is 6. The van der Waals surface area contributed by atoms with Crippen LogP contribution in [0, 0.1) is 24.7 Å². The van der Waals surface area contributed by atoms with Gasteiger partial charge in [0.25, 0.3) is 0 Å². The van der Waals surface area contributed by atoms with Crippen LogP contribution in [0.15, 0.2) is 23.6 Å². The van der Waals surface area contributed by atoms with Crippen molar-refractivity contribution >= 4 is 39.0 Å². The summed E-state index contributed by atoms with van der Waals surface area (Å²) in [6.07, 6.45) is 4.41. The third-order valence-electron chi connectivity index (χ3n) is 7.87. The predicted octanol–water partition coefficient (Wildman–Crippen LogP) is 4.21. The number of aryl methyl sites for hydroxylation is 1. The molecule has 1 N–H and O–H groups in total. The SMILES string of the molecule is CCOC(=O)C1CCC(NC(=O)[C@H]2CC2CN2CCN(c3csc4cc(C)ccc34)CC2)CC1. The molecule has 2 heterocycles. The van der Waals surface area contributed by atoms with Crippen molar-refractivity contribution < 1.29 is 14.3 Å². The minimum Gasteiger partial charge on any atom is -0.466 e.